The number of aryl methyl sites for hydroxylation is 1. The smallest absolute Gasteiger partial charge is 0.468 e. The lowest BCUT2D eigenvalue weighted by Gasteiger charge is -2.42. The summed E-state index contributed by atoms with van der Waals surface area (Å²) >= 11 is 0. The number of fused-ring (bicyclic) bond motifs is 1. The van der Waals surface area contributed by atoms with Gasteiger partial charge in [0.25, 0.3) is 5.91 Å². The van der Waals surface area contributed by atoms with Crippen molar-refractivity contribution in [1.29, 1.82) is 0 Å². The molecule has 0 bridgehead atoms. The highest BCUT2D eigenvalue weighted by Gasteiger charge is 2.40. The van der Waals surface area contributed by atoms with Crippen molar-refractivity contribution in [2.24, 2.45) is 0 Å². The van der Waals surface area contributed by atoms with Gasteiger partial charge in [0, 0.05) is 6.92 Å². The van der Waals surface area contributed by atoms with Crippen molar-refractivity contribution in [3.8, 4) is 22.6 Å². The Hall–Kier alpha value is -3.56. The summed E-state index contributed by atoms with van der Waals surface area (Å²) in [7, 11) is 0. The number of alkyl halides is 3. The maximum Gasteiger partial charge on any atom is 0.573 e. The second kappa shape index (κ2) is 7.29. The molecule has 0 atom stereocenters. The Morgan fingerprint density at radius 3 is 2.39 bits per heavy atom. The molecule has 4 rings (SSSR count). The molecule has 1 aliphatic rings. The normalized spacial score (nSPS) is 15.4. The van der Waals surface area contributed by atoms with Gasteiger partial charge in [0.1, 0.15) is 11.5 Å². The van der Waals surface area contributed by atoms with E-state index in [9.17, 15) is 18.0 Å². The van der Waals surface area contributed by atoms with Crippen LogP contribution in [0.3, 0.4) is 0 Å². The second-order valence-electron chi connectivity index (χ2n) is 7.45. The summed E-state index contributed by atoms with van der Waals surface area (Å²) in [5, 5.41) is 3.84. The molecule has 0 saturated carbocycles. The third-order valence-electron chi connectivity index (χ3n) is 4.76. The lowest BCUT2D eigenvalue weighted by molar-refractivity contribution is -0.274. The fraction of sp³-hybridized carbons (Fsp3) is 0.286. The number of carbonyl (C=O) groups is 1. The fourth-order valence-electron chi connectivity index (χ4n) is 3.34. The molecule has 1 amide bonds. The van der Waals surface area contributed by atoms with E-state index in [2.05, 4.69) is 14.9 Å². The molecule has 2 heterocycles. The van der Waals surface area contributed by atoms with E-state index in [1.54, 1.807) is 39.0 Å². The molecule has 0 fully saturated rings. The molecule has 2 aromatic carbocycles. The van der Waals surface area contributed by atoms with Crippen LogP contribution >= 0.6 is 0 Å². The molecule has 0 N–H and O–H groups in total. The van der Waals surface area contributed by atoms with Gasteiger partial charge >= 0.3 is 6.36 Å². The van der Waals surface area contributed by atoms with E-state index in [1.165, 1.54) is 29.2 Å². The minimum Gasteiger partial charge on any atom is -0.468 e. The number of carbonyl (C=O) groups excluding carboxylic acids is 1. The van der Waals surface area contributed by atoms with E-state index in [-0.39, 0.29) is 18.2 Å². The van der Waals surface area contributed by atoms with Crippen LogP contribution in [0.2, 0.25) is 0 Å². The van der Waals surface area contributed by atoms with E-state index in [0.29, 0.717) is 34.2 Å². The molecular formula is C21H18F3N3O4. The molecule has 0 aliphatic carbocycles. The van der Waals surface area contributed by atoms with Gasteiger partial charge in [0.05, 0.1) is 12.1 Å². The van der Waals surface area contributed by atoms with Gasteiger partial charge in [0.2, 0.25) is 5.89 Å². The zero-order valence-electron chi connectivity index (χ0n) is 16.9. The average Bonchev–Trinajstić information content (AvgIpc) is 3.09. The Morgan fingerprint density at radius 2 is 1.77 bits per heavy atom. The fourth-order valence-corrected chi connectivity index (χ4v) is 3.34. The molecule has 0 unspecified atom stereocenters. The van der Waals surface area contributed by atoms with Crippen LogP contribution in [-0.2, 0) is 6.54 Å². The summed E-state index contributed by atoms with van der Waals surface area (Å²) in [6.07, 6.45) is -4.76. The van der Waals surface area contributed by atoms with E-state index in [0.717, 1.165) is 0 Å². The van der Waals surface area contributed by atoms with Gasteiger partial charge in [-0.15, -0.1) is 13.2 Å². The summed E-state index contributed by atoms with van der Waals surface area (Å²) in [5.41, 5.74) is 0.642. The van der Waals surface area contributed by atoms with E-state index < -0.39 is 12.1 Å². The molecule has 162 valence electrons. The van der Waals surface area contributed by atoms with Crippen molar-refractivity contribution in [2.45, 2.75) is 39.4 Å². The molecule has 1 aliphatic heterocycles. The molecular weight excluding hydrogens is 415 g/mol. The Morgan fingerprint density at radius 1 is 1.10 bits per heavy atom. The first-order valence-electron chi connectivity index (χ1n) is 9.32. The highest BCUT2D eigenvalue weighted by Crippen LogP contribution is 2.37. The highest BCUT2D eigenvalue weighted by atomic mass is 19.4. The highest BCUT2D eigenvalue weighted by molar-refractivity contribution is 5.99. The maximum absolute atomic E-state index is 13.3. The lowest BCUT2D eigenvalue weighted by atomic mass is 9.99. The quantitative estimate of drug-likeness (QED) is 0.593. The van der Waals surface area contributed by atoms with Crippen LogP contribution in [0, 0.1) is 6.92 Å². The van der Waals surface area contributed by atoms with Crippen molar-refractivity contribution < 1.29 is 32.0 Å². The van der Waals surface area contributed by atoms with Crippen LogP contribution in [0.1, 0.15) is 35.9 Å². The Bertz CT molecular complexity index is 1120. The van der Waals surface area contributed by atoms with E-state index >= 15 is 0 Å². The number of hydrogen-bond acceptors (Lipinski definition) is 6. The summed E-state index contributed by atoms with van der Waals surface area (Å²) in [6.45, 7) is 5.27. The predicted octanol–water partition coefficient (Wildman–Crippen LogP) is 4.71. The number of aromatic nitrogens is 2. The standard InChI is InChI=1S/C21H18F3N3O4/c1-12-25-18(26-31-12)11-27-19(28)16-10-14(6-9-17(16)30-20(27,2)3)13-4-7-15(8-5-13)29-21(22,23)24/h4-10H,11H2,1-3H3. The zero-order valence-corrected chi connectivity index (χ0v) is 16.9. The van der Waals surface area contributed by atoms with Gasteiger partial charge in [-0.25, -0.2) is 0 Å². The number of halogens is 3. The third kappa shape index (κ3) is 4.32. The van der Waals surface area contributed by atoms with Gasteiger partial charge in [-0.3, -0.25) is 9.69 Å². The summed E-state index contributed by atoms with van der Waals surface area (Å²) < 4.78 is 52.0. The van der Waals surface area contributed by atoms with Gasteiger partial charge in [-0.1, -0.05) is 23.4 Å². The first kappa shape index (κ1) is 20.7. The molecule has 3 aromatic rings. The van der Waals surface area contributed by atoms with Crippen LogP contribution in [-0.4, -0.2) is 33.0 Å². The number of nitrogens with zero attached hydrogens (tertiary/aromatic N) is 3. The largest absolute Gasteiger partial charge is 0.573 e. The van der Waals surface area contributed by atoms with Gasteiger partial charge < -0.3 is 14.0 Å². The van der Waals surface area contributed by atoms with E-state index in [1.807, 2.05) is 0 Å². The predicted molar refractivity (Wildman–Crippen MR) is 102 cm³/mol. The summed E-state index contributed by atoms with van der Waals surface area (Å²) in [5.74, 6) is 0.544. The summed E-state index contributed by atoms with van der Waals surface area (Å²) in [4.78, 5) is 18.9. The van der Waals surface area contributed by atoms with Crippen molar-refractivity contribution in [1.82, 2.24) is 15.0 Å². The summed E-state index contributed by atoms with van der Waals surface area (Å²) in [6, 6.07) is 10.5. The van der Waals surface area contributed by atoms with Crippen molar-refractivity contribution >= 4 is 5.91 Å². The number of ether oxygens (including phenoxy) is 2. The first-order chi connectivity index (χ1) is 14.5. The molecule has 1 aromatic heterocycles. The van der Waals surface area contributed by atoms with Crippen molar-refractivity contribution in [3.63, 3.8) is 0 Å². The minimum absolute atomic E-state index is 0.0936. The second-order valence-corrected chi connectivity index (χ2v) is 7.45. The van der Waals surface area contributed by atoms with Crippen LogP contribution in [0.15, 0.2) is 47.0 Å². The number of amides is 1. The first-order valence-corrected chi connectivity index (χ1v) is 9.32. The van der Waals surface area contributed by atoms with Crippen LogP contribution in [0.5, 0.6) is 11.5 Å². The van der Waals surface area contributed by atoms with Crippen LogP contribution in [0.4, 0.5) is 13.2 Å². The van der Waals surface area contributed by atoms with E-state index in [4.69, 9.17) is 9.26 Å². The number of hydrogen-bond donors (Lipinski definition) is 0. The van der Waals surface area contributed by atoms with Crippen molar-refractivity contribution in [3.05, 3.63) is 59.7 Å². The minimum atomic E-state index is -4.76. The molecule has 0 saturated heterocycles. The lowest BCUT2D eigenvalue weighted by Crippen LogP contribution is -2.54. The Balaban J connectivity index is 1.63. The maximum atomic E-state index is 13.3. The Kier molecular flexibility index (Phi) is 4.87. The van der Waals surface area contributed by atoms with Crippen LogP contribution < -0.4 is 9.47 Å². The third-order valence-corrected chi connectivity index (χ3v) is 4.76. The monoisotopic (exact) mass is 433 g/mol. The zero-order chi connectivity index (χ0) is 22.4. The Labute approximate surface area is 175 Å². The molecule has 31 heavy (non-hydrogen) atoms. The number of benzene rings is 2. The topological polar surface area (TPSA) is 77.7 Å². The van der Waals surface area contributed by atoms with Gasteiger partial charge in [-0.2, -0.15) is 4.98 Å². The molecule has 10 heteroatoms. The number of rotatable bonds is 4. The SMILES string of the molecule is Cc1nc(CN2C(=O)c3cc(-c4ccc(OC(F)(F)F)cc4)ccc3OC2(C)C)no1. The average molecular weight is 433 g/mol. The van der Waals surface area contributed by atoms with Gasteiger partial charge in [-0.05, 0) is 49.2 Å². The molecule has 0 radical (unpaired) electrons. The molecule has 7 nitrogen and oxygen atoms in total. The van der Waals surface area contributed by atoms with Crippen molar-refractivity contribution in [2.75, 3.05) is 0 Å². The van der Waals surface area contributed by atoms with Gasteiger partial charge in [0.15, 0.2) is 11.5 Å². The van der Waals surface area contributed by atoms with Crippen LogP contribution in [0.25, 0.3) is 11.1 Å². The molecule has 0 spiro atoms.